The summed E-state index contributed by atoms with van der Waals surface area (Å²) in [5.41, 5.74) is 1.67. The van der Waals surface area contributed by atoms with Crippen LogP contribution >= 0.6 is 0 Å². The van der Waals surface area contributed by atoms with Crippen LogP contribution in [0.25, 0.3) is 10.8 Å². The topological polar surface area (TPSA) is 66.0 Å². The fourth-order valence-electron chi connectivity index (χ4n) is 3.45. The van der Waals surface area contributed by atoms with E-state index in [1.807, 2.05) is 48.5 Å². The van der Waals surface area contributed by atoms with Crippen molar-refractivity contribution in [1.29, 1.82) is 0 Å². The highest BCUT2D eigenvalue weighted by Crippen LogP contribution is 2.44. The van der Waals surface area contributed by atoms with Crippen LogP contribution in [0, 0.1) is 0 Å². The molecule has 1 aliphatic heterocycles. The van der Waals surface area contributed by atoms with E-state index in [1.54, 1.807) is 21.3 Å². The van der Waals surface area contributed by atoms with Gasteiger partial charge in [0.1, 0.15) is 5.75 Å². The molecule has 1 heterocycles. The summed E-state index contributed by atoms with van der Waals surface area (Å²) in [4.78, 5) is 12.3. The highest BCUT2D eigenvalue weighted by molar-refractivity contribution is 5.93. The molecule has 3 aromatic rings. The summed E-state index contributed by atoms with van der Waals surface area (Å²) in [5.74, 6) is 2.11. The zero-order chi connectivity index (χ0) is 19.0. The average molecular weight is 365 g/mol. The van der Waals surface area contributed by atoms with E-state index in [-0.39, 0.29) is 0 Å². The molecule has 6 nitrogen and oxygen atoms in total. The second-order valence-electron chi connectivity index (χ2n) is 6.13. The number of rotatable bonds is 4. The van der Waals surface area contributed by atoms with Gasteiger partial charge in [0.25, 0.3) is 0 Å². The van der Waals surface area contributed by atoms with Gasteiger partial charge in [-0.05, 0) is 23.1 Å². The first-order chi connectivity index (χ1) is 13.2. The van der Waals surface area contributed by atoms with Crippen LogP contribution in [0.2, 0.25) is 0 Å². The zero-order valence-corrected chi connectivity index (χ0v) is 15.2. The van der Waals surface area contributed by atoms with Gasteiger partial charge in [-0.2, -0.15) is 0 Å². The van der Waals surface area contributed by atoms with Crippen molar-refractivity contribution in [3.63, 3.8) is 0 Å². The highest BCUT2D eigenvalue weighted by atomic mass is 16.6. The Hall–Kier alpha value is -3.41. The third kappa shape index (κ3) is 2.79. The molecule has 0 aliphatic carbocycles. The molecule has 4 rings (SSSR count). The Balaban J connectivity index is 1.91. The molecule has 0 spiro atoms. The van der Waals surface area contributed by atoms with Crippen LogP contribution in [0.15, 0.2) is 48.5 Å². The van der Waals surface area contributed by atoms with Gasteiger partial charge in [0, 0.05) is 10.9 Å². The normalized spacial score (nSPS) is 15.5. The minimum atomic E-state index is -0.502. The number of methoxy groups -OCH3 is 3. The van der Waals surface area contributed by atoms with Crippen molar-refractivity contribution >= 4 is 16.9 Å². The summed E-state index contributed by atoms with van der Waals surface area (Å²) in [6, 6.07) is 15.0. The molecule has 3 aromatic carbocycles. The molecule has 27 heavy (non-hydrogen) atoms. The molecule has 138 valence electrons. The molecule has 0 aromatic heterocycles. The summed E-state index contributed by atoms with van der Waals surface area (Å²) in [5, 5.41) is 4.78. The number of carbonyl (C=O) groups is 1. The first kappa shape index (κ1) is 17.0. The monoisotopic (exact) mass is 365 g/mol. The maximum absolute atomic E-state index is 12.3. The van der Waals surface area contributed by atoms with E-state index < -0.39 is 12.1 Å². The maximum Gasteiger partial charge on any atom is 0.413 e. The van der Waals surface area contributed by atoms with Crippen LogP contribution in [0.5, 0.6) is 23.0 Å². The third-order valence-electron chi connectivity index (χ3n) is 4.70. The van der Waals surface area contributed by atoms with Gasteiger partial charge in [-0.1, -0.05) is 36.4 Å². The second-order valence-corrected chi connectivity index (χ2v) is 6.13. The highest BCUT2D eigenvalue weighted by Gasteiger charge is 2.30. The molecule has 0 unspecified atom stereocenters. The maximum atomic E-state index is 12.3. The van der Waals surface area contributed by atoms with E-state index in [4.69, 9.17) is 18.9 Å². The van der Waals surface area contributed by atoms with E-state index in [2.05, 4.69) is 5.32 Å². The smallest absolute Gasteiger partial charge is 0.413 e. The number of ether oxygens (including phenoxy) is 4. The lowest BCUT2D eigenvalue weighted by Crippen LogP contribution is -2.36. The molecule has 1 N–H and O–H groups in total. The average Bonchev–Trinajstić information content (AvgIpc) is 2.71. The minimum Gasteiger partial charge on any atom is -0.493 e. The molecular weight excluding hydrogens is 346 g/mol. The fraction of sp³-hybridized carbons (Fsp3) is 0.190. The number of hydrogen-bond donors (Lipinski definition) is 1. The van der Waals surface area contributed by atoms with Crippen LogP contribution in [0.4, 0.5) is 4.79 Å². The number of amides is 1. The Bertz CT molecular complexity index is 1010. The summed E-state index contributed by atoms with van der Waals surface area (Å²) in [6.45, 7) is 0. The summed E-state index contributed by atoms with van der Waals surface area (Å²) in [6.07, 6.45) is -0.502. The molecule has 1 amide bonds. The number of fused-ring (bicyclic) bond motifs is 3. The van der Waals surface area contributed by atoms with E-state index in [1.165, 1.54) is 0 Å². The first-order valence-electron chi connectivity index (χ1n) is 8.46. The summed E-state index contributed by atoms with van der Waals surface area (Å²) >= 11 is 0. The lowest BCUT2D eigenvalue weighted by atomic mass is 9.93. The molecule has 0 saturated heterocycles. The van der Waals surface area contributed by atoms with Gasteiger partial charge < -0.3 is 24.3 Å². The number of carbonyl (C=O) groups excluding carboxylic acids is 1. The number of hydrogen-bond acceptors (Lipinski definition) is 5. The van der Waals surface area contributed by atoms with Crippen molar-refractivity contribution in [2.45, 2.75) is 6.04 Å². The number of nitrogens with one attached hydrogen (secondary N) is 1. The van der Waals surface area contributed by atoms with E-state index >= 15 is 0 Å². The Morgan fingerprint density at radius 3 is 2.30 bits per heavy atom. The molecule has 1 atom stereocenters. The van der Waals surface area contributed by atoms with Gasteiger partial charge in [0.2, 0.25) is 5.75 Å². The van der Waals surface area contributed by atoms with Crippen LogP contribution in [0.3, 0.4) is 0 Å². The first-order valence-corrected chi connectivity index (χ1v) is 8.46. The van der Waals surface area contributed by atoms with E-state index in [0.717, 1.165) is 21.9 Å². The van der Waals surface area contributed by atoms with Crippen molar-refractivity contribution in [2.24, 2.45) is 0 Å². The van der Waals surface area contributed by atoms with Crippen LogP contribution < -0.4 is 24.3 Å². The Morgan fingerprint density at radius 2 is 1.63 bits per heavy atom. The van der Waals surface area contributed by atoms with Gasteiger partial charge in [0.15, 0.2) is 11.5 Å². The second kappa shape index (κ2) is 6.72. The van der Waals surface area contributed by atoms with Crippen molar-refractivity contribution in [3.8, 4) is 23.0 Å². The number of benzene rings is 3. The SMILES string of the molecule is COc1cc([C@@H]2NC(=O)Oc3c2ccc2ccccc32)cc(OC)c1OC. The minimum absolute atomic E-state index is 0.403. The Morgan fingerprint density at radius 1 is 0.926 bits per heavy atom. The largest absolute Gasteiger partial charge is 0.493 e. The lowest BCUT2D eigenvalue weighted by Gasteiger charge is -2.28. The van der Waals surface area contributed by atoms with E-state index in [9.17, 15) is 4.79 Å². The molecule has 0 fully saturated rings. The van der Waals surface area contributed by atoms with Crippen molar-refractivity contribution in [3.05, 3.63) is 59.7 Å². The van der Waals surface area contributed by atoms with Crippen molar-refractivity contribution < 1.29 is 23.7 Å². The zero-order valence-electron chi connectivity index (χ0n) is 15.2. The van der Waals surface area contributed by atoms with Gasteiger partial charge in [0.05, 0.1) is 27.4 Å². The molecule has 0 radical (unpaired) electrons. The lowest BCUT2D eigenvalue weighted by molar-refractivity contribution is 0.192. The molecule has 0 bridgehead atoms. The van der Waals surface area contributed by atoms with Crippen molar-refractivity contribution in [2.75, 3.05) is 21.3 Å². The van der Waals surface area contributed by atoms with E-state index in [0.29, 0.717) is 23.0 Å². The molecule has 6 heteroatoms. The fourth-order valence-corrected chi connectivity index (χ4v) is 3.45. The van der Waals surface area contributed by atoms with Gasteiger partial charge >= 0.3 is 6.09 Å². The standard InChI is InChI=1S/C21H19NO5/c1-24-16-10-13(11-17(25-2)20(16)26-3)18-15-9-8-12-6-4-5-7-14(12)19(15)27-21(23)22-18/h4-11,18H,1-3H3,(H,22,23)/t18-/m0/s1. The van der Waals surface area contributed by atoms with Gasteiger partial charge in [-0.15, -0.1) is 0 Å². The summed E-state index contributed by atoms with van der Waals surface area (Å²) in [7, 11) is 4.67. The van der Waals surface area contributed by atoms with Crippen molar-refractivity contribution in [1.82, 2.24) is 5.32 Å². The third-order valence-corrected chi connectivity index (χ3v) is 4.70. The molecule has 1 aliphatic rings. The summed E-state index contributed by atoms with van der Waals surface area (Å²) < 4.78 is 21.8. The van der Waals surface area contributed by atoms with Crippen LogP contribution in [-0.2, 0) is 0 Å². The quantitative estimate of drug-likeness (QED) is 0.755. The molecular formula is C21H19NO5. The Labute approximate surface area is 156 Å². The van der Waals surface area contributed by atoms with Crippen LogP contribution in [0.1, 0.15) is 17.2 Å². The Kier molecular flexibility index (Phi) is 4.24. The predicted molar refractivity (Wildman–Crippen MR) is 101 cm³/mol. The van der Waals surface area contributed by atoms with Gasteiger partial charge in [-0.3, -0.25) is 0 Å². The van der Waals surface area contributed by atoms with Crippen LogP contribution in [-0.4, -0.2) is 27.4 Å². The van der Waals surface area contributed by atoms with Gasteiger partial charge in [-0.25, -0.2) is 4.79 Å². The predicted octanol–water partition coefficient (Wildman–Crippen LogP) is 4.06. The molecule has 0 saturated carbocycles.